The summed E-state index contributed by atoms with van der Waals surface area (Å²) >= 11 is 0. The van der Waals surface area contributed by atoms with Gasteiger partial charge in [0.15, 0.2) is 17.4 Å². The van der Waals surface area contributed by atoms with E-state index >= 15 is 0 Å². The molecule has 0 N–H and O–H groups in total. The van der Waals surface area contributed by atoms with Crippen LogP contribution in [0, 0.1) is 0 Å². The topological polar surface area (TPSA) is 0 Å². The van der Waals surface area contributed by atoms with Crippen molar-refractivity contribution in [2.24, 2.45) is 0 Å². The second-order valence-corrected chi connectivity index (χ2v) is 0. The summed E-state index contributed by atoms with van der Waals surface area (Å²) in [5.74, 6) is 0. The SMILES string of the molecule is C.[AlH3].[Ti].[Zr]. The third-order valence-corrected chi connectivity index (χ3v) is 0. The first kappa shape index (κ1) is 35.6. The van der Waals surface area contributed by atoms with E-state index in [1.807, 2.05) is 0 Å². The predicted molar refractivity (Wildman–Crippen MR) is 16.7 cm³/mol. The van der Waals surface area contributed by atoms with Crippen LogP contribution in [-0.2, 0) is 47.9 Å². The van der Waals surface area contributed by atoms with E-state index < -0.39 is 0 Å². The molecule has 0 aliphatic heterocycles. The molecule has 0 radical (unpaired) electrons. The van der Waals surface area contributed by atoms with E-state index in [2.05, 4.69) is 0 Å². The molecule has 0 saturated carbocycles. The molecule has 0 aliphatic rings. The molecule has 0 heterocycles. The molecule has 0 nitrogen and oxygen atoms in total. The molecule has 0 aromatic rings. The number of hydrogen-bond donors (Lipinski definition) is 0. The maximum absolute atomic E-state index is 0. The maximum atomic E-state index is 0. The third-order valence-electron chi connectivity index (χ3n) is 0. The minimum atomic E-state index is 0. The zero-order valence-electron chi connectivity index (χ0n) is 1.00. The largest absolute Gasteiger partial charge is 0.187 e. The fourth-order valence-corrected chi connectivity index (χ4v) is 0. The molecule has 0 aromatic heterocycles. The van der Waals surface area contributed by atoms with Crippen LogP contribution in [0.2, 0.25) is 0 Å². The van der Waals surface area contributed by atoms with E-state index in [1.165, 1.54) is 0 Å². The zero-order chi connectivity index (χ0) is 0. The van der Waals surface area contributed by atoms with Crippen molar-refractivity contribution in [2.75, 3.05) is 0 Å². The van der Waals surface area contributed by atoms with Crippen LogP contribution >= 0.6 is 0 Å². The van der Waals surface area contributed by atoms with Crippen molar-refractivity contribution < 1.29 is 47.9 Å². The Kier molecular flexibility index (Phi) is 171. The summed E-state index contributed by atoms with van der Waals surface area (Å²) in [7, 11) is 0. The molecule has 0 atom stereocenters. The Morgan fingerprint density at radius 1 is 1.00 bits per heavy atom. The van der Waals surface area contributed by atoms with E-state index in [0.29, 0.717) is 0 Å². The standard InChI is InChI=1S/CH4.Al.Ti.Zr.3H/h1H4;;;;;;. The molecule has 0 amide bonds. The molecule has 22 valence electrons. The van der Waals surface area contributed by atoms with E-state index in [9.17, 15) is 0 Å². The first-order valence-electron chi connectivity index (χ1n) is 0. The Bertz CT molecular complexity index is 8.00. The van der Waals surface area contributed by atoms with Gasteiger partial charge in [-0.25, -0.2) is 0 Å². The first-order valence-corrected chi connectivity index (χ1v) is 0. The Labute approximate surface area is 71.9 Å². The van der Waals surface area contributed by atoms with Crippen LogP contribution in [-0.4, -0.2) is 17.4 Å². The zero-order valence-corrected chi connectivity index (χ0v) is 5.02. The van der Waals surface area contributed by atoms with Gasteiger partial charge in [0.2, 0.25) is 0 Å². The Hall–Kier alpha value is 2.13. The third kappa shape index (κ3) is 8.92. The molecule has 0 bridgehead atoms. The van der Waals surface area contributed by atoms with Gasteiger partial charge in [0.25, 0.3) is 0 Å². The fourth-order valence-electron chi connectivity index (χ4n) is 0. The summed E-state index contributed by atoms with van der Waals surface area (Å²) in [5.41, 5.74) is 0. The molecule has 0 unspecified atom stereocenters. The van der Waals surface area contributed by atoms with Crippen molar-refractivity contribution in [3.8, 4) is 0 Å². The maximum Gasteiger partial charge on any atom is 0.187 e. The van der Waals surface area contributed by atoms with Crippen LogP contribution in [0.15, 0.2) is 0 Å². The van der Waals surface area contributed by atoms with Crippen molar-refractivity contribution in [3.05, 3.63) is 0 Å². The molecule has 0 aromatic carbocycles. The average Bonchev–Trinajstić information content (AvgIpc) is 0. The Morgan fingerprint density at radius 3 is 1.00 bits per heavy atom. The normalized spacial score (nSPS) is 0. The van der Waals surface area contributed by atoms with Crippen LogP contribution in [0.3, 0.4) is 0 Å². The quantitative estimate of drug-likeness (QED) is 0.444. The summed E-state index contributed by atoms with van der Waals surface area (Å²) in [6, 6.07) is 0. The van der Waals surface area contributed by atoms with Gasteiger partial charge >= 0.3 is 0 Å². The van der Waals surface area contributed by atoms with Crippen LogP contribution in [0.5, 0.6) is 0 Å². The number of rotatable bonds is 0. The van der Waals surface area contributed by atoms with Gasteiger partial charge < -0.3 is 0 Å². The molecule has 0 saturated heterocycles. The van der Waals surface area contributed by atoms with Crippen molar-refractivity contribution in [1.82, 2.24) is 0 Å². The van der Waals surface area contributed by atoms with Gasteiger partial charge in [-0.3, -0.25) is 0 Å². The summed E-state index contributed by atoms with van der Waals surface area (Å²) in [4.78, 5) is 0. The minimum absolute atomic E-state index is 0. The molecular weight excluding hydrogens is 178 g/mol. The molecule has 0 fully saturated rings. The molecule has 4 heavy (non-hydrogen) atoms. The van der Waals surface area contributed by atoms with Crippen molar-refractivity contribution in [1.29, 1.82) is 0 Å². The smallest absolute Gasteiger partial charge is 0.0776 e. The van der Waals surface area contributed by atoms with Crippen molar-refractivity contribution in [3.63, 3.8) is 0 Å². The van der Waals surface area contributed by atoms with E-state index in [-0.39, 0.29) is 72.7 Å². The van der Waals surface area contributed by atoms with Crippen molar-refractivity contribution >= 4 is 17.4 Å². The monoisotopic (exact) mass is 184 g/mol. The summed E-state index contributed by atoms with van der Waals surface area (Å²) in [6.45, 7) is 0. The predicted octanol–water partition coefficient (Wildman–Crippen LogP) is -0.553. The molecule has 0 spiro atoms. The van der Waals surface area contributed by atoms with Crippen LogP contribution in [0.1, 0.15) is 7.43 Å². The second-order valence-electron chi connectivity index (χ2n) is 0. The van der Waals surface area contributed by atoms with E-state index in [4.69, 9.17) is 0 Å². The Balaban J connectivity index is 0. The van der Waals surface area contributed by atoms with Gasteiger partial charge in [0.05, 0.1) is 0 Å². The summed E-state index contributed by atoms with van der Waals surface area (Å²) in [5, 5.41) is 0. The molecule has 0 aliphatic carbocycles. The summed E-state index contributed by atoms with van der Waals surface area (Å²) in [6.07, 6.45) is 0. The second kappa shape index (κ2) is 19.3. The van der Waals surface area contributed by atoms with E-state index in [0.717, 1.165) is 0 Å². The number of hydrogen-bond acceptors (Lipinski definition) is 0. The minimum Gasteiger partial charge on any atom is -0.0776 e. The van der Waals surface area contributed by atoms with Crippen LogP contribution in [0.25, 0.3) is 0 Å². The van der Waals surface area contributed by atoms with Gasteiger partial charge in [0.1, 0.15) is 0 Å². The summed E-state index contributed by atoms with van der Waals surface area (Å²) < 4.78 is 0. The van der Waals surface area contributed by atoms with Crippen LogP contribution in [0.4, 0.5) is 0 Å². The van der Waals surface area contributed by atoms with Crippen molar-refractivity contribution in [2.45, 2.75) is 7.43 Å². The van der Waals surface area contributed by atoms with Gasteiger partial charge in [-0.15, -0.1) is 0 Å². The van der Waals surface area contributed by atoms with Gasteiger partial charge in [-0.05, 0) is 0 Å². The van der Waals surface area contributed by atoms with Gasteiger partial charge in [-0.1, -0.05) is 7.43 Å². The average molecular weight is 185 g/mol. The molecular formula is CH7AlTiZr. The molecule has 3 heteroatoms. The van der Waals surface area contributed by atoms with Gasteiger partial charge in [-0.2, -0.15) is 0 Å². The molecule has 0 rings (SSSR count). The Morgan fingerprint density at radius 2 is 1.00 bits per heavy atom. The van der Waals surface area contributed by atoms with Crippen LogP contribution < -0.4 is 0 Å². The fraction of sp³-hybridized carbons (Fsp3) is 1.00. The van der Waals surface area contributed by atoms with Gasteiger partial charge in [0, 0.05) is 47.9 Å². The first-order chi connectivity index (χ1) is 0. The van der Waals surface area contributed by atoms with E-state index in [1.54, 1.807) is 0 Å².